The summed E-state index contributed by atoms with van der Waals surface area (Å²) in [6, 6.07) is 9.49. The number of aromatic nitrogens is 4. The summed E-state index contributed by atoms with van der Waals surface area (Å²) in [6.07, 6.45) is 4.57. The number of hydrogen-bond acceptors (Lipinski definition) is 4. The maximum atomic E-state index is 11.8. The predicted octanol–water partition coefficient (Wildman–Crippen LogP) is 2.66. The van der Waals surface area contributed by atoms with Gasteiger partial charge in [-0.2, -0.15) is 9.97 Å². The van der Waals surface area contributed by atoms with Crippen LogP contribution in [0.5, 0.6) is 0 Å². The fourth-order valence-corrected chi connectivity index (χ4v) is 1.96. The van der Waals surface area contributed by atoms with E-state index in [1.807, 2.05) is 30.3 Å². The summed E-state index contributed by atoms with van der Waals surface area (Å²) in [5.41, 5.74) is 1.86. The molecule has 0 saturated carbocycles. The fourth-order valence-electron chi connectivity index (χ4n) is 1.74. The largest absolute Gasteiger partial charge is 0.341 e. The Labute approximate surface area is 124 Å². The molecule has 0 bridgehead atoms. The van der Waals surface area contributed by atoms with Gasteiger partial charge in [0, 0.05) is 6.08 Å². The second kappa shape index (κ2) is 5.72. The number of carbonyl (C=O) groups excluding carboxylic acids is 1. The van der Waals surface area contributed by atoms with Gasteiger partial charge >= 0.3 is 0 Å². The molecule has 104 valence electrons. The number of benzene rings is 1. The van der Waals surface area contributed by atoms with Crippen LogP contribution >= 0.6 is 11.6 Å². The second-order valence-corrected chi connectivity index (χ2v) is 4.53. The standard InChI is InChI=1S/C14H10ClN5O/c15-12-11-13(17-8-16-11)20-14(19-12)18-10(21)7-6-9-4-2-1-3-5-9/h1-8H,(H2,16,17,18,19,20,21)/b7-6+. The first-order chi connectivity index (χ1) is 10.2. The fraction of sp³-hybridized carbons (Fsp3) is 0. The van der Waals surface area contributed by atoms with Crippen LogP contribution in [0.25, 0.3) is 17.2 Å². The van der Waals surface area contributed by atoms with Gasteiger partial charge in [0.1, 0.15) is 5.52 Å². The van der Waals surface area contributed by atoms with Crippen LogP contribution in [0, 0.1) is 0 Å². The van der Waals surface area contributed by atoms with Gasteiger partial charge in [0.05, 0.1) is 6.33 Å². The lowest BCUT2D eigenvalue weighted by Gasteiger charge is -2.01. The average Bonchev–Trinajstić information content (AvgIpc) is 2.95. The Morgan fingerprint density at radius 3 is 2.86 bits per heavy atom. The monoisotopic (exact) mass is 299 g/mol. The zero-order valence-corrected chi connectivity index (χ0v) is 11.5. The Bertz CT molecular complexity index is 813. The van der Waals surface area contributed by atoms with E-state index in [2.05, 4.69) is 25.3 Å². The minimum Gasteiger partial charge on any atom is -0.341 e. The van der Waals surface area contributed by atoms with E-state index in [4.69, 9.17) is 11.6 Å². The van der Waals surface area contributed by atoms with Gasteiger partial charge in [-0.25, -0.2) is 4.98 Å². The first kappa shape index (κ1) is 13.3. The van der Waals surface area contributed by atoms with Crippen molar-refractivity contribution in [2.24, 2.45) is 0 Å². The van der Waals surface area contributed by atoms with Crippen LogP contribution in [-0.4, -0.2) is 25.8 Å². The molecule has 2 heterocycles. The Kier molecular flexibility index (Phi) is 3.61. The molecule has 0 fully saturated rings. The summed E-state index contributed by atoms with van der Waals surface area (Å²) in [7, 11) is 0. The van der Waals surface area contributed by atoms with Crippen LogP contribution in [0.2, 0.25) is 5.15 Å². The van der Waals surface area contributed by atoms with Gasteiger partial charge in [0.25, 0.3) is 5.91 Å². The van der Waals surface area contributed by atoms with Crippen molar-refractivity contribution in [2.75, 3.05) is 5.32 Å². The van der Waals surface area contributed by atoms with Crippen LogP contribution in [-0.2, 0) is 4.79 Å². The Balaban J connectivity index is 1.75. The summed E-state index contributed by atoms with van der Waals surface area (Å²) < 4.78 is 0. The summed E-state index contributed by atoms with van der Waals surface area (Å²) in [5.74, 6) is -0.230. The van der Waals surface area contributed by atoms with Gasteiger partial charge in [0.15, 0.2) is 10.8 Å². The van der Waals surface area contributed by atoms with E-state index in [1.54, 1.807) is 6.08 Å². The molecule has 0 saturated heterocycles. The molecule has 21 heavy (non-hydrogen) atoms. The van der Waals surface area contributed by atoms with Crippen molar-refractivity contribution in [1.82, 2.24) is 19.9 Å². The number of H-pyrrole nitrogens is 1. The molecule has 3 rings (SSSR count). The van der Waals surface area contributed by atoms with Crippen molar-refractivity contribution < 1.29 is 4.79 Å². The molecule has 0 unspecified atom stereocenters. The molecule has 0 aliphatic carbocycles. The van der Waals surface area contributed by atoms with E-state index in [-0.39, 0.29) is 17.0 Å². The third kappa shape index (κ3) is 3.06. The molecule has 0 aliphatic heterocycles. The average molecular weight is 300 g/mol. The van der Waals surface area contributed by atoms with Gasteiger partial charge in [0.2, 0.25) is 5.95 Å². The van der Waals surface area contributed by atoms with Gasteiger partial charge < -0.3 is 4.98 Å². The highest BCUT2D eigenvalue weighted by Gasteiger charge is 2.09. The van der Waals surface area contributed by atoms with Gasteiger partial charge in [-0.3, -0.25) is 10.1 Å². The summed E-state index contributed by atoms with van der Waals surface area (Å²) in [5, 5.41) is 2.76. The Morgan fingerprint density at radius 1 is 1.24 bits per heavy atom. The van der Waals surface area contributed by atoms with Crippen LogP contribution in [0.3, 0.4) is 0 Å². The highest BCUT2D eigenvalue weighted by atomic mass is 35.5. The normalized spacial score (nSPS) is 11.1. The number of aromatic amines is 1. The zero-order chi connectivity index (χ0) is 14.7. The molecule has 2 aromatic heterocycles. The van der Waals surface area contributed by atoms with Crippen LogP contribution in [0.15, 0.2) is 42.7 Å². The van der Waals surface area contributed by atoms with E-state index in [1.165, 1.54) is 12.4 Å². The number of halogens is 1. The molecule has 7 heteroatoms. The van der Waals surface area contributed by atoms with Gasteiger partial charge in [-0.05, 0) is 11.6 Å². The van der Waals surface area contributed by atoms with Gasteiger partial charge in [-0.1, -0.05) is 41.9 Å². The third-order valence-electron chi connectivity index (χ3n) is 2.70. The number of rotatable bonds is 3. The van der Waals surface area contributed by atoms with E-state index < -0.39 is 0 Å². The van der Waals surface area contributed by atoms with E-state index in [9.17, 15) is 4.79 Å². The summed E-state index contributed by atoms with van der Waals surface area (Å²) in [4.78, 5) is 26.7. The lowest BCUT2D eigenvalue weighted by Crippen LogP contribution is -2.11. The molecule has 0 spiro atoms. The summed E-state index contributed by atoms with van der Waals surface area (Å²) in [6.45, 7) is 0. The number of amides is 1. The minimum absolute atomic E-state index is 0.113. The SMILES string of the molecule is O=C(/C=C/c1ccccc1)Nc1nc(Cl)c2[nH]cnc2n1. The van der Waals surface area contributed by atoms with Crippen molar-refractivity contribution in [3.05, 3.63) is 53.5 Å². The number of carbonyl (C=O) groups is 1. The van der Waals surface area contributed by atoms with Crippen molar-refractivity contribution in [1.29, 1.82) is 0 Å². The first-order valence-corrected chi connectivity index (χ1v) is 6.51. The molecule has 0 aliphatic rings. The highest BCUT2D eigenvalue weighted by molar-refractivity contribution is 6.33. The maximum Gasteiger partial charge on any atom is 0.250 e. The number of fused-ring (bicyclic) bond motifs is 1. The molecular formula is C14H10ClN5O. The molecular weight excluding hydrogens is 290 g/mol. The highest BCUT2D eigenvalue weighted by Crippen LogP contribution is 2.18. The molecule has 1 aromatic carbocycles. The molecule has 2 N–H and O–H groups in total. The number of nitrogens with zero attached hydrogens (tertiary/aromatic N) is 3. The number of imidazole rings is 1. The minimum atomic E-state index is -0.343. The second-order valence-electron chi connectivity index (χ2n) is 4.17. The van der Waals surface area contributed by atoms with Gasteiger partial charge in [-0.15, -0.1) is 0 Å². The van der Waals surface area contributed by atoms with Crippen LogP contribution in [0.1, 0.15) is 5.56 Å². The number of hydrogen-bond donors (Lipinski definition) is 2. The van der Waals surface area contributed by atoms with Crippen LogP contribution in [0.4, 0.5) is 5.95 Å². The number of nitrogens with one attached hydrogen (secondary N) is 2. The first-order valence-electron chi connectivity index (χ1n) is 6.13. The molecule has 0 atom stereocenters. The van der Waals surface area contributed by atoms with E-state index in [0.29, 0.717) is 11.2 Å². The predicted molar refractivity (Wildman–Crippen MR) is 80.8 cm³/mol. The van der Waals surface area contributed by atoms with E-state index >= 15 is 0 Å². The van der Waals surface area contributed by atoms with Crippen molar-refractivity contribution in [3.8, 4) is 0 Å². The molecule has 6 nitrogen and oxygen atoms in total. The lowest BCUT2D eigenvalue weighted by molar-refractivity contribution is -0.111. The zero-order valence-electron chi connectivity index (χ0n) is 10.7. The van der Waals surface area contributed by atoms with E-state index in [0.717, 1.165) is 5.56 Å². The number of anilines is 1. The Hall–Kier alpha value is -2.73. The molecule has 0 radical (unpaired) electrons. The smallest absolute Gasteiger partial charge is 0.250 e. The molecule has 1 amide bonds. The van der Waals surface area contributed by atoms with Crippen molar-refractivity contribution >= 4 is 40.7 Å². The lowest BCUT2D eigenvalue weighted by atomic mass is 10.2. The Morgan fingerprint density at radius 2 is 2.05 bits per heavy atom. The van der Waals surface area contributed by atoms with Crippen LogP contribution < -0.4 is 5.32 Å². The molecule has 3 aromatic rings. The maximum absolute atomic E-state index is 11.8. The quantitative estimate of drug-likeness (QED) is 0.575. The topological polar surface area (TPSA) is 83.6 Å². The van der Waals surface area contributed by atoms with Crippen molar-refractivity contribution in [3.63, 3.8) is 0 Å². The van der Waals surface area contributed by atoms with Crippen molar-refractivity contribution in [2.45, 2.75) is 0 Å². The summed E-state index contributed by atoms with van der Waals surface area (Å²) >= 11 is 5.97. The third-order valence-corrected chi connectivity index (χ3v) is 2.98.